The molecule has 2 aromatic carbocycles. The van der Waals surface area contributed by atoms with E-state index in [1.165, 1.54) is 17.2 Å². The Morgan fingerprint density at radius 3 is 2.82 bits per heavy atom. The van der Waals surface area contributed by atoms with Crippen LogP contribution in [0.5, 0.6) is 5.75 Å². The van der Waals surface area contributed by atoms with Crippen molar-refractivity contribution < 1.29 is 9.66 Å². The molecule has 0 saturated carbocycles. The third-order valence-electron chi connectivity index (χ3n) is 4.20. The molecule has 0 bridgehead atoms. The van der Waals surface area contributed by atoms with Crippen LogP contribution in [-0.2, 0) is 6.42 Å². The van der Waals surface area contributed by atoms with Crippen LogP contribution in [0.3, 0.4) is 0 Å². The highest BCUT2D eigenvalue weighted by Crippen LogP contribution is 2.39. The molecule has 0 radical (unpaired) electrons. The van der Waals surface area contributed by atoms with Crippen LogP contribution in [0.1, 0.15) is 29.2 Å². The molecule has 1 atom stereocenters. The fourth-order valence-corrected chi connectivity index (χ4v) is 3.07. The maximum atomic E-state index is 10.8. The lowest BCUT2D eigenvalue weighted by molar-refractivity contribution is -0.384. The van der Waals surface area contributed by atoms with E-state index in [0.29, 0.717) is 0 Å². The van der Waals surface area contributed by atoms with Gasteiger partial charge in [0.05, 0.1) is 18.1 Å². The van der Waals surface area contributed by atoms with E-state index in [2.05, 4.69) is 11.4 Å². The normalized spacial score (nSPS) is 16.2. The summed E-state index contributed by atoms with van der Waals surface area (Å²) in [5.41, 5.74) is 4.44. The zero-order chi connectivity index (χ0) is 15.7. The standard InChI is InChI=1S/C17H18N2O3/c1-11-10-12(19(20)21)6-8-15(11)18-16-9-7-14-13(16)4-3-5-17(14)22-2/h3-6,8,10,16,18H,7,9H2,1-2H3. The van der Waals surface area contributed by atoms with Crippen LogP contribution >= 0.6 is 0 Å². The van der Waals surface area contributed by atoms with Gasteiger partial charge in [-0.25, -0.2) is 0 Å². The number of nitro benzene ring substituents is 1. The molecule has 1 N–H and O–H groups in total. The van der Waals surface area contributed by atoms with Crippen LogP contribution < -0.4 is 10.1 Å². The number of non-ortho nitro benzene ring substituents is 1. The molecule has 0 fully saturated rings. The van der Waals surface area contributed by atoms with Crippen molar-refractivity contribution in [2.45, 2.75) is 25.8 Å². The lowest BCUT2D eigenvalue weighted by atomic mass is 10.1. The molecule has 0 amide bonds. The smallest absolute Gasteiger partial charge is 0.269 e. The molecule has 5 heteroatoms. The molecule has 3 rings (SSSR count). The van der Waals surface area contributed by atoms with E-state index < -0.39 is 0 Å². The summed E-state index contributed by atoms with van der Waals surface area (Å²) in [6.45, 7) is 1.89. The Balaban J connectivity index is 1.86. The van der Waals surface area contributed by atoms with Gasteiger partial charge in [0.2, 0.25) is 0 Å². The maximum absolute atomic E-state index is 10.8. The number of hydrogen-bond donors (Lipinski definition) is 1. The molecule has 1 aliphatic carbocycles. The number of aryl methyl sites for hydroxylation is 1. The number of ether oxygens (including phenoxy) is 1. The quantitative estimate of drug-likeness (QED) is 0.684. The summed E-state index contributed by atoms with van der Waals surface area (Å²) in [5, 5.41) is 14.3. The van der Waals surface area contributed by atoms with Crippen LogP contribution in [0.4, 0.5) is 11.4 Å². The molecule has 0 aromatic heterocycles. The zero-order valence-electron chi connectivity index (χ0n) is 12.6. The van der Waals surface area contributed by atoms with Crippen molar-refractivity contribution in [3.63, 3.8) is 0 Å². The first kappa shape index (κ1) is 14.4. The third kappa shape index (κ3) is 2.50. The molecule has 0 aliphatic heterocycles. The van der Waals surface area contributed by atoms with Crippen LogP contribution in [0.15, 0.2) is 36.4 Å². The van der Waals surface area contributed by atoms with E-state index in [0.717, 1.165) is 29.8 Å². The Morgan fingerprint density at radius 2 is 2.14 bits per heavy atom. The predicted octanol–water partition coefficient (Wildman–Crippen LogP) is 4.01. The van der Waals surface area contributed by atoms with Crippen LogP contribution in [0, 0.1) is 17.0 Å². The molecular formula is C17H18N2O3. The van der Waals surface area contributed by atoms with Gasteiger partial charge in [-0.1, -0.05) is 12.1 Å². The number of methoxy groups -OCH3 is 1. The summed E-state index contributed by atoms with van der Waals surface area (Å²) in [4.78, 5) is 10.4. The van der Waals surface area contributed by atoms with Crippen molar-refractivity contribution in [3.05, 3.63) is 63.2 Å². The van der Waals surface area contributed by atoms with Crippen LogP contribution in [-0.4, -0.2) is 12.0 Å². The number of fused-ring (bicyclic) bond motifs is 1. The number of nitrogens with one attached hydrogen (secondary N) is 1. The van der Waals surface area contributed by atoms with Crippen molar-refractivity contribution in [2.24, 2.45) is 0 Å². The first-order valence-corrected chi connectivity index (χ1v) is 7.27. The van der Waals surface area contributed by atoms with Gasteiger partial charge >= 0.3 is 0 Å². The topological polar surface area (TPSA) is 64.4 Å². The second kappa shape index (κ2) is 5.67. The summed E-state index contributed by atoms with van der Waals surface area (Å²) >= 11 is 0. The van der Waals surface area contributed by atoms with Crippen molar-refractivity contribution in [3.8, 4) is 5.75 Å². The Labute approximate surface area is 129 Å². The zero-order valence-corrected chi connectivity index (χ0v) is 12.6. The summed E-state index contributed by atoms with van der Waals surface area (Å²) in [5.74, 6) is 0.933. The Kier molecular flexibility index (Phi) is 3.71. The van der Waals surface area contributed by atoms with Gasteiger partial charge in [0.25, 0.3) is 5.69 Å². The summed E-state index contributed by atoms with van der Waals surface area (Å²) in [6, 6.07) is 11.2. The Hall–Kier alpha value is -2.56. The highest BCUT2D eigenvalue weighted by atomic mass is 16.6. The van der Waals surface area contributed by atoms with E-state index in [9.17, 15) is 10.1 Å². The first-order valence-electron chi connectivity index (χ1n) is 7.27. The lowest BCUT2D eigenvalue weighted by Crippen LogP contribution is -2.08. The SMILES string of the molecule is COc1cccc2c1CCC2Nc1ccc([N+](=O)[O-])cc1C. The molecule has 5 nitrogen and oxygen atoms in total. The van der Waals surface area contributed by atoms with Gasteiger partial charge in [0.1, 0.15) is 5.75 Å². The number of benzene rings is 2. The molecule has 0 heterocycles. The molecule has 1 aliphatic rings. The first-order chi connectivity index (χ1) is 10.6. The van der Waals surface area contributed by atoms with Gasteiger partial charge in [0.15, 0.2) is 0 Å². The summed E-state index contributed by atoms with van der Waals surface area (Å²) in [7, 11) is 1.69. The average molecular weight is 298 g/mol. The molecule has 114 valence electrons. The van der Waals surface area contributed by atoms with Crippen LogP contribution in [0.25, 0.3) is 0 Å². The molecule has 0 saturated heterocycles. The van der Waals surface area contributed by atoms with Crippen molar-refractivity contribution >= 4 is 11.4 Å². The monoisotopic (exact) mass is 298 g/mol. The fraction of sp³-hybridized carbons (Fsp3) is 0.294. The van der Waals surface area contributed by atoms with E-state index in [1.54, 1.807) is 19.2 Å². The molecule has 22 heavy (non-hydrogen) atoms. The van der Waals surface area contributed by atoms with Crippen molar-refractivity contribution in [2.75, 3.05) is 12.4 Å². The van der Waals surface area contributed by atoms with Gasteiger partial charge in [-0.15, -0.1) is 0 Å². The van der Waals surface area contributed by atoms with Crippen molar-refractivity contribution in [1.29, 1.82) is 0 Å². The highest BCUT2D eigenvalue weighted by molar-refractivity contribution is 5.58. The minimum atomic E-state index is -0.369. The largest absolute Gasteiger partial charge is 0.496 e. The second-order valence-corrected chi connectivity index (χ2v) is 5.52. The molecule has 2 aromatic rings. The van der Waals surface area contributed by atoms with Gasteiger partial charge in [-0.05, 0) is 48.6 Å². The second-order valence-electron chi connectivity index (χ2n) is 5.52. The highest BCUT2D eigenvalue weighted by Gasteiger charge is 2.25. The van der Waals surface area contributed by atoms with Crippen molar-refractivity contribution in [1.82, 2.24) is 0 Å². The molecular weight excluding hydrogens is 280 g/mol. The van der Waals surface area contributed by atoms with E-state index >= 15 is 0 Å². The van der Waals surface area contributed by atoms with Gasteiger partial charge < -0.3 is 10.1 Å². The van der Waals surface area contributed by atoms with Crippen LogP contribution in [0.2, 0.25) is 0 Å². The van der Waals surface area contributed by atoms with Gasteiger partial charge in [-0.2, -0.15) is 0 Å². The molecule has 0 spiro atoms. The minimum absolute atomic E-state index is 0.122. The average Bonchev–Trinajstić information content (AvgIpc) is 2.92. The van der Waals surface area contributed by atoms with Gasteiger partial charge in [0, 0.05) is 17.8 Å². The van der Waals surface area contributed by atoms with Gasteiger partial charge in [-0.3, -0.25) is 10.1 Å². The van der Waals surface area contributed by atoms with E-state index in [1.807, 2.05) is 19.1 Å². The molecule has 1 unspecified atom stereocenters. The maximum Gasteiger partial charge on any atom is 0.269 e. The summed E-state index contributed by atoms with van der Waals surface area (Å²) < 4.78 is 5.42. The summed E-state index contributed by atoms with van der Waals surface area (Å²) in [6.07, 6.45) is 1.97. The third-order valence-corrected chi connectivity index (χ3v) is 4.20. The van der Waals surface area contributed by atoms with E-state index in [-0.39, 0.29) is 16.7 Å². The number of nitrogens with zero attached hydrogens (tertiary/aromatic N) is 1. The number of anilines is 1. The fourth-order valence-electron chi connectivity index (χ4n) is 3.07. The Bertz CT molecular complexity index is 728. The number of rotatable bonds is 4. The number of nitro groups is 1. The lowest BCUT2D eigenvalue weighted by Gasteiger charge is -2.17. The van der Waals surface area contributed by atoms with E-state index in [4.69, 9.17) is 4.74 Å². The number of hydrogen-bond acceptors (Lipinski definition) is 4. The predicted molar refractivity (Wildman–Crippen MR) is 85.5 cm³/mol. The minimum Gasteiger partial charge on any atom is -0.496 e. The Morgan fingerprint density at radius 1 is 1.32 bits per heavy atom.